The fourth-order valence-corrected chi connectivity index (χ4v) is 1.04. The van der Waals surface area contributed by atoms with Gasteiger partial charge in [0.05, 0.1) is 12.2 Å². The van der Waals surface area contributed by atoms with E-state index in [2.05, 4.69) is 4.84 Å². The topological polar surface area (TPSA) is 64.7 Å². The van der Waals surface area contributed by atoms with Crippen LogP contribution in [0.5, 0.6) is 0 Å². The van der Waals surface area contributed by atoms with Crippen LogP contribution in [-0.4, -0.2) is 23.6 Å². The Morgan fingerprint density at radius 2 is 2.30 bits per heavy atom. The zero-order valence-electron chi connectivity index (χ0n) is 5.99. The first kappa shape index (κ1) is 7.94. The Balaban J connectivity index is 2.33. The maximum absolute atomic E-state index is 9.17. The molecule has 0 aromatic carbocycles. The molecule has 60 valence electrons. The number of hydrogen-bond donors (Lipinski definition) is 2. The minimum absolute atomic E-state index is 0.165. The molecular weight excluding hydrogens is 134 g/mol. The van der Waals surface area contributed by atoms with Crippen molar-refractivity contribution in [2.45, 2.75) is 38.3 Å². The van der Waals surface area contributed by atoms with Crippen LogP contribution in [0.4, 0.5) is 0 Å². The quantitative estimate of drug-likeness (QED) is 0.502. The van der Waals surface area contributed by atoms with Crippen molar-refractivity contribution in [2.24, 2.45) is 5.90 Å². The second-order valence-electron chi connectivity index (χ2n) is 2.55. The zero-order chi connectivity index (χ0) is 7.56. The van der Waals surface area contributed by atoms with Crippen LogP contribution in [0, 0.1) is 0 Å². The van der Waals surface area contributed by atoms with Crippen LogP contribution >= 0.6 is 0 Å². The standard InChI is InChI=1S/C6H13NO3/c1-4-5(8)2-3-6(9-4)10-7/h4-6,8H,2-3,7H2,1H3. The number of aliphatic hydroxyl groups is 1. The highest BCUT2D eigenvalue weighted by Crippen LogP contribution is 2.18. The molecule has 0 spiro atoms. The average molecular weight is 147 g/mol. The predicted molar refractivity (Wildman–Crippen MR) is 34.8 cm³/mol. The van der Waals surface area contributed by atoms with E-state index in [9.17, 15) is 0 Å². The van der Waals surface area contributed by atoms with Gasteiger partial charge in [-0.1, -0.05) is 0 Å². The third-order valence-corrected chi connectivity index (χ3v) is 1.76. The largest absolute Gasteiger partial charge is 0.390 e. The van der Waals surface area contributed by atoms with Crippen LogP contribution < -0.4 is 5.90 Å². The molecule has 0 amide bonds. The summed E-state index contributed by atoms with van der Waals surface area (Å²) < 4.78 is 5.15. The molecule has 0 aromatic heterocycles. The van der Waals surface area contributed by atoms with E-state index in [1.807, 2.05) is 0 Å². The van der Waals surface area contributed by atoms with Crippen LogP contribution in [0.15, 0.2) is 0 Å². The first-order valence-electron chi connectivity index (χ1n) is 3.43. The van der Waals surface area contributed by atoms with E-state index in [-0.39, 0.29) is 18.5 Å². The summed E-state index contributed by atoms with van der Waals surface area (Å²) in [5.41, 5.74) is 0. The molecule has 1 rings (SSSR count). The molecule has 10 heavy (non-hydrogen) atoms. The van der Waals surface area contributed by atoms with Gasteiger partial charge in [0.2, 0.25) is 0 Å². The molecule has 0 bridgehead atoms. The zero-order valence-corrected chi connectivity index (χ0v) is 5.99. The molecule has 4 heteroatoms. The van der Waals surface area contributed by atoms with Crippen molar-refractivity contribution in [1.29, 1.82) is 0 Å². The Hall–Kier alpha value is -0.160. The van der Waals surface area contributed by atoms with Gasteiger partial charge in [-0.25, -0.2) is 5.90 Å². The summed E-state index contributed by atoms with van der Waals surface area (Å²) in [7, 11) is 0. The molecule has 4 nitrogen and oxygen atoms in total. The van der Waals surface area contributed by atoms with Gasteiger partial charge in [-0.3, -0.25) is 4.84 Å². The van der Waals surface area contributed by atoms with Crippen LogP contribution in [0.1, 0.15) is 19.8 Å². The Kier molecular flexibility index (Phi) is 2.62. The fourth-order valence-electron chi connectivity index (χ4n) is 1.04. The minimum Gasteiger partial charge on any atom is -0.390 e. The summed E-state index contributed by atoms with van der Waals surface area (Å²) in [4.78, 5) is 4.48. The molecule has 3 unspecified atom stereocenters. The molecule has 1 heterocycles. The summed E-state index contributed by atoms with van der Waals surface area (Å²) >= 11 is 0. The highest BCUT2D eigenvalue weighted by molar-refractivity contribution is 4.70. The van der Waals surface area contributed by atoms with Crippen molar-refractivity contribution in [1.82, 2.24) is 0 Å². The maximum atomic E-state index is 9.17. The Morgan fingerprint density at radius 1 is 1.60 bits per heavy atom. The molecule has 3 N–H and O–H groups in total. The maximum Gasteiger partial charge on any atom is 0.177 e. The normalized spacial score (nSPS) is 41.7. The Labute approximate surface area is 59.9 Å². The lowest BCUT2D eigenvalue weighted by Gasteiger charge is -2.29. The first-order valence-corrected chi connectivity index (χ1v) is 3.43. The number of nitrogens with two attached hydrogens (primary N) is 1. The number of hydrogen-bond acceptors (Lipinski definition) is 4. The van der Waals surface area contributed by atoms with Crippen molar-refractivity contribution in [2.75, 3.05) is 0 Å². The summed E-state index contributed by atoms with van der Waals surface area (Å²) in [6.45, 7) is 1.80. The average Bonchev–Trinajstić information content (AvgIpc) is 1.95. The summed E-state index contributed by atoms with van der Waals surface area (Å²) in [5, 5.41) is 9.17. The van der Waals surface area contributed by atoms with Gasteiger partial charge in [0.15, 0.2) is 6.29 Å². The van der Waals surface area contributed by atoms with Crippen molar-refractivity contribution >= 4 is 0 Å². The van der Waals surface area contributed by atoms with Gasteiger partial charge in [-0.2, -0.15) is 0 Å². The van der Waals surface area contributed by atoms with E-state index in [1.54, 1.807) is 6.92 Å². The van der Waals surface area contributed by atoms with Crippen molar-refractivity contribution in [3.63, 3.8) is 0 Å². The molecule has 1 fully saturated rings. The summed E-state index contributed by atoms with van der Waals surface area (Å²) in [5.74, 6) is 4.90. The monoisotopic (exact) mass is 147 g/mol. The van der Waals surface area contributed by atoms with Crippen molar-refractivity contribution < 1.29 is 14.7 Å². The number of aliphatic hydroxyl groups excluding tert-OH is 1. The molecule has 0 radical (unpaired) electrons. The summed E-state index contributed by atoms with van der Waals surface area (Å²) in [6, 6.07) is 0. The highest BCUT2D eigenvalue weighted by Gasteiger charge is 2.26. The molecule has 0 saturated carbocycles. The Bertz CT molecular complexity index is 109. The van der Waals surface area contributed by atoms with Crippen LogP contribution in [-0.2, 0) is 9.57 Å². The number of rotatable bonds is 1. The van der Waals surface area contributed by atoms with Crippen LogP contribution in [0.3, 0.4) is 0 Å². The van der Waals surface area contributed by atoms with Crippen LogP contribution in [0.25, 0.3) is 0 Å². The molecular formula is C6H13NO3. The van der Waals surface area contributed by atoms with Crippen molar-refractivity contribution in [3.05, 3.63) is 0 Å². The van der Waals surface area contributed by atoms with E-state index in [0.29, 0.717) is 12.8 Å². The van der Waals surface area contributed by atoms with Gasteiger partial charge in [0.1, 0.15) is 0 Å². The minimum atomic E-state index is -0.369. The van der Waals surface area contributed by atoms with E-state index in [1.165, 1.54) is 0 Å². The second kappa shape index (κ2) is 3.30. The molecule has 1 saturated heterocycles. The SMILES string of the molecule is CC1OC(ON)CCC1O. The van der Waals surface area contributed by atoms with E-state index < -0.39 is 0 Å². The lowest BCUT2D eigenvalue weighted by atomic mass is 10.1. The van der Waals surface area contributed by atoms with Crippen LogP contribution in [0.2, 0.25) is 0 Å². The third kappa shape index (κ3) is 1.67. The molecule has 0 aromatic rings. The van der Waals surface area contributed by atoms with Gasteiger partial charge < -0.3 is 9.84 Å². The second-order valence-corrected chi connectivity index (χ2v) is 2.55. The molecule has 0 aliphatic carbocycles. The van der Waals surface area contributed by atoms with E-state index in [4.69, 9.17) is 15.7 Å². The third-order valence-electron chi connectivity index (χ3n) is 1.76. The number of ether oxygens (including phenoxy) is 1. The molecule has 1 aliphatic rings. The lowest BCUT2D eigenvalue weighted by Crippen LogP contribution is -2.38. The van der Waals surface area contributed by atoms with Gasteiger partial charge in [-0.15, -0.1) is 0 Å². The molecule has 1 aliphatic heterocycles. The van der Waals surface area contributed by atoms with Gasteiger partial charge in [0, 0.05) is 6.42 Å². The van der Waals surface area contributed by atoms with E-state index >= 15 is 0 Å². The van der Waals surface area contributed by atoms with Gasteiger partial charge >= 0.3 is 0 Å². The van der Waals surface area contributed by atoms with Gasteiger partial charge in [-0.05, 0) is 13.3 Å². The van der Waals surface area contributed by atoms with E-state index in [0.717, 1.165) is 0 Å². The first-order chi connectivity index (χ1) is 4.74. The van der Waals surface area contributed by atoms with Gasteiger partial charge in [0.25, 0.3) is 0 Å². The Morgan fingerprint density at radius 3 is 2.80 bits per heavy atom. The fraction of sp³-hybridized carbons (Fsp3) is 1.00. The lowest BCUT2D eigenvalue weighted by molar-refractivity contribution is -0.219. The summed E-state index contributed by atoms with van der Waals surface area (Å²) in [6.07, 6.45) is 0.498. The smallest absolute Gasteiger partial charge is 0.177 e. The highest BCUT2D eigenvalue weighted by atomic mass is 16.8. The van der Waals surface area contributed by atoms with Crippen molar-refractivity contribution in [3.8, 4) is 0 Å². The predicted octanol–water partition coefficient (Wildman–Crippen LogP) is -0.237. The molecule has 3 atom stereocenters.